The predicted octanol–water partition coefficient (Wildman–Crippen LogP) is 5.85. The molecule has 0 N–H and O–H groups in total. The van der Waals surface area contributed by atoms with Crippen LogP contribution in [0, 0.1) is 19.7 Å². The van der Waals surface area contributed by atoms with E-state index in [4.69, 9.17) is 0 Å². The first-order valence-corrected chi connectivity index (χ1v) is 10.4. The molecule has 3 aromatic carbocycles. The fourth-order valence-electron chi connectivity index (χ4n) is 4.31. The van der Waals surface area contributed by atoms with E-state index in [0.29, 0.717) is 0 Å². The van der Waals surface area contributed by atoms with Crippen LogP contribution in [0.3, 0.4) is 0 Å². The normalized spacial score (nSPS) is 18.1. The summed E-state index contributed by atoms with van der Waals surface area (Å²) in [6, 6.07) is 24.5. The van der Waals surface area contributed by atoms with Gasteiger partial charge in [0.2, 0.25) is 0 Å². The fourth-order valence-corrected chi connectivity index (χ4v) is 4.31. The number of aryl methyl sites for hydroxylation is 2. The number of benzene rings is 3. The molecule has 0 saturated carbocycles. The Bertz CT molecular complexity index is 878. The molecule has 1 aliphatic heterocycles. The van der Waals surface area contributed by atoms with Crippen LogP contribution in [0.15, 0.2) is 72.8 Å². The highest BCUT2D eigenvalue weighted by Crippen LogP contribution is 2.33. The third kappa shape index (κ3) is 4.75. The van der Waals surface area contributed by atoms with Crippen LogP contribution in [-0.2, 0) is 13.1 Å². The molecular weight excluding hydrogens is 359 g/mol. The number of hydrogen-bond donors (Lipinski definition) is 0. The van der Waals surface area contributed by atoms with Crippen molar-refractivity contribution in [2.45, 2.75) is 39.5 Å². The molecule has 0 radical (unpaired) electrons. The van der Waals surface area contributed by atoms with Crippen molar-refractivity contribution in [2.24, 2.45) is 0 Å². The smallest absolute Gasteiger partial charge is 0.123 e. The van der Waals surface area contributed by atoms with E-state index in [1.807, 2.05) is 12.1 Å². The average molecular weight is 389 g/mol. The summed E-state index contributed by atoms with van der Waals surface area (Å²) in [6.45, 7) is 8.20. The van der Waals surface area contributed by atoms with Crippen molar-refractivity contribution >= 4 is 0 Å². The molecule has 1 aliphatic rings. The van der Waals surface area contributed by atoms with Gasteiger partial charge in [0, 0.05) is 26.2 Å². The van der Waals surface area contributed by atoms with Crippen molar-refractivity contribution in [1.82, 2.24) is 9.80 Å². The summed E-state index contributed by atoms with van der Waals surface area (Å²) in [4.78, 5) is 5.12. The third-order valence-electron chi connectivity index (χ3n) is 5.85. The van der Waals surface area contributed by atoms with Crippen LogP contribution >= 0.6 is 0 Å². The van der Waals surface area contributed by atoms with Gasteiger partial charge < -0.3 is 0 Å². The fraction of sp³-hybridized carbons (Fsp3) is 0.308. The predicted molar refractivity (Wildman–Crippen MR) is 117 cm³/mol. The van der Waals surface area contributed by atoms with E-state index in [-0.39, 0.29) is 12.0 Å². The molecule has 1 atom stereocenters. The SMILES string of the molecule is Cc1ccc(CN2CCCN(Cc3ccc(F)cc3)[C@@H]2c2ccccc2C)cc1. The molecule has 150 valence electrons. The van der Waals surface area contributed by atoms with Gasteiger partial charge in [-0.05, 0) is 54.7 Å². The zero-order valence-electron chi connectivity index (χ0n) is 17.3. The highest BCUT2D eigenvalue weighted by atomic mass is 19.1. The number of halogens is 1. The molecule has 1 saturated heterocycles. The van der Waals surface area contributed by atoms with E-state index in [0.717, 1.165) is 38.2 Å². The molecule has 0 bridgehead atoms. The number of hydrogen-bond acceptors (Lipinski definition) is 2. The number of nitrogens with zero attached hydrogens (tertiary/aromatic N) is 2. The minimum Gasteiger partial charge on any atom is -0.280 e. The minimum atomic E-state index is -0.177. The highest BCUT2D eigenvalue weighted by Gasteiger charge is 2.31. The Morgan fingerprint density at radius 1 is 0.759 bits per heavy atom. The molecule has 3 aromatic rings. The topological polar surface area (TPSA) is 6.48 Å². The maximum atomic E-state index is 13.4. The highest BCUT2D eigenvalue weighted by molar-refractivity contribution is 5.30. The monoisotopic (exact) mass is 388 g/mol. The first kappa shape index (κ1) is 19.8. The molecule has 0 amide bonds. The summed E-state index contributed by atoms with van der Waals surface area (Å²) in [7, 11) is 0. The van der Waals surface area contributed by atoms with E-state index in [1.54, 1.807) is 12.1 Å². The van der Waals surface area contributed by atoms with Gasteiger partial charge in [0.1, 0.15) is 5.82 Å². The summed E-state index contributed by atoms with van der Waals surface area (Å²) in [6.07, 6.45) is 1.35. The Hall–Kier alpha value is -2.49. The van der Waals surface area contributed by atoms with E-state index in [1.165, 1.54) is 22.3 Å². The van der Waals surface area contributed by atoms with Gasteiger partial charge in [-0.15, -0.1) is 0 Å². The molecule has 0 unspecified atom stereocenters. The second-order valence-electron chi connectivity index (χ2n) is 8.14. The maximum absolute atomic E-state index is 13.4. The van der Waals surface area contributed by atoms with E-state index in [2.05, 4.69) is 72.2 Å². The van der Waals surface area contributed by atoms with Gasteiger partial charge in [-0.25, -0.2) is 4.39 Å². The van der Waals surface area contributed by atoms with Crippen LogP contribution in [-0.4, -0.2) is 22.9 Å². The average Bonchev–Trinajstić information content (AvgIpc) is 2.72. The van der Waals surface area contributed by atoms with Gasteiger partial charge in [0.25, 0.3) is 0 Å². The first-order chi connectivity index (χ1) is 14.1. The minimum absolute atomic E-state index is 0.177. The first-order valence-electron chi connectivity index (χ1n) is 10.4. The van der Waals surface area contributed by atoms with Gasteiger partial charge >= 0.3 is 0 Å². The van der Waals surface area contributed by atoms with Gasteiger partial charge in [0.05, 0.1) is 6.17 Å². The second kappa shape index (κ2) is 8.89. The van der Waals surface area contributed by atoms with E-state index >= 15 is 0 Å². The molecule has 0 spiro atoms. The maximum Gasteiger partial charge on any atom is 0.123 e. The molecular formula is C26H29FN2. The van der Waals surface area contributed by atoms with Crippen LogP contribution in [0.4, 0.5) is 4.39 Å². The van der Waals surface area contributed by atoms with Gasteiger partial charge in [-0.2, -0.15) is 0 Å². The van der Waals surface area contributed by atoms with Gasteiger partial charge in [-0.1, -0.05) is 66.2 Å². The molecule has 1 heterocycles. The zero-order valence-corrected chi connectivity index (χ0v) is 17.3. The zero-order chi connectivity index (χ0) is 20.2. The van der Waals surface area contributed by atoms with Crippen molar-refractivity contribution in [3.05, 3.63) is 106 Å². The van der Waals surface area contributed by atoms with Crippen LogP contribution < -0.4 is 0 Å². The molecule has 4 rings (SSSR count). The van der Waals surface area contributed by atoms with Gasteiger partial charge in [-0.3, -0.25) is 9.80 Å². The molecule has 1 fully saturated rings. The summed E-state index contributed by atoms with van der Waals surface area (Å²) >= 11 is 0. The lowest BCUT2D eigenvalue weighted by molar-refractivity contribution is -0.00946. The quantitative estimate of drug-likeness (QED) is 0.541. The van der Waals surface area contributed by atoms with Crippen LogP contribution in [0.1, 0.15) is 40.4 Å². The van der Waals surface area contributed by atoms with Crippen molar-refractivity contribution < 1.29 is 4.39 Å². The van der Waals surface area contributed by atoms with E-state index < -0.39 is 0 Å². The lowest BCUT2D eigenvalue weighted by Gasteiger charge is -2.45. The second-order valence-corrected chi connectivity index (χ2v) is 8.14. The molecule has 3 heteroatoms. The molecule has 2 nitrogen and oxygen atoms in total. The van der Waals surface area contributed by atoms with Gasteiger partial charge in [0.15, 0.2) is 0 Å². The Morgan fingerprint density at radius 3 is 1.90 bits per heavy atom. The number of rotatable bonds is 5. The summed E-state index contributed by atoms with van der Waals surface area (Å²) in [5.41, 5.74) is 6.47. The standard InChI is InChI=1S/C26H29FN2/c1-20-8-10-22(11-9-20)18-28-16-5-17-29(19-23-12-14-24(27)15-13-23)26(28)25-7-4-3-6-21(25)2/h3-4,6-15,26H,5,16-19H2,1-2H3/t26-/m1/s1. The van der Waals surface area contributed by atoms with Crippen LogP contribution in [0.2, 0.25) is 0 Å². The van der Waals surface area contributed by atoms with Crippen LogP contribution in [0.5, 0.6) is 0 Å². The molecule has 29 heavy (non-hydrogen) atoms. The lowest BCUT2D eigenvalue weighted by atomic mass is 10.00. The third-order valence-corrected chi connectivity index (χ3v) is 5.85. The summed E-state index contributed by atoms with van der Waals surface area (Å²) in [5.74, 6) is -0.177. The van der Waals surface area contributed by atoms with Crippen molar-refractivity contribution in [2.75, 3.05) is 13.1 Å². The Labute approximate surface area is 173 Å². The Balaban J connectivity index is 1.64. The Kier molecular flexibility index (Phi) is 6.08. The largest absolute Gasteiger partial charge is 0.280 e. The summed E-state index contributed by atoms with van der Waals surface area (Å²) < 4.78 is 13.4. The van der Waals surface area contributed by atoms with Crippen molar-refractivity contribution in [3.63, 3.8) is 0 Å². The van der Waals surface area contributed by atoms with Crippen LogP contribution in [0.25, 0.3) is 0 Å². The Morgan fingerprint density at radius 2 is 1.31 bits per heavy atom. The van der Waals surface area contributed by atoms with Crippen molar-refractivity contribution in [1.29, 1.82) is 0 Å². The molecule has 0 aromatic heterocycles. The van der Waals surface area contributed by atoms with E-state index in [9.17, 15) is 4.39 Å². The lowest BCUT2D eigenvalue weighted by Crippen LogP contribution is -2.47. The van der Waals surface area contributed by atoms with Crippen molar-refractivity contribution in [3.8, 4) is 0 Å². The summed E-state index contributed by atoms with van der Waals surface area (Å²) in [5, 5.41) is 0. The molecule has 0 aliphatic carbocycles.